The summed E-state index contributed by atoms with van der Waals surface area (Å²) in [4.78, 5) is 10.8. The average Bonchev–Trinajstić information content (AvgIpc) is 2.77. The number of nitrogens with zero attached hydrogens (tertiary/aromatic N) is 1. The zero-order chi connectivity index (χ0) is 10.2. The van der Waals surface area contributed by atoms with E-state index in [2.05, 4.69) is 10.5 Å². The zero-order valence-corrected chi connectivity index (χ0v) is 8.04. The van der Waals surface area contributed by atoms with E-state index in [0.717, 1.165) is 25.1 Å². The Hall–Kier alpha value is -1.36. The SMILES string of the molecule is CNCC1(c2cc(C(N)=O)no2)CC1. The van der Waals surface area contributed by atoms with Gasteiger partial charge >= 0.3 is 0 Å². The number of hydrogen-bond acceptors (Lipinski definition) is 4. The topological polar surface area (TPSA) is 81.1 Å². The van der Waals surface area contributed by atoms with Gasteiger partial charge in [0.15, 0.2) is 5.69 Å². The molecule has 1 aromatic heterocycles. The molecule has 5 nitrogen and oxygen atoms in total. The first kappa shape index (κ1) is 9.21. The van der Waals surface area contributed by atoms with Gasteiger partial charge in [0.1, 0.15) is 5.76 Å². The summed E-state index contributed by atoms with van der Waals surface area (Å²) < 4.78 is 5.11. The minimum absolute atomic E-state index is 0.0510. The van der Waals surface area contributed by atoms with E-state index >= 15 is 0 Å². The number of carbonyl (C=O) groups is 1. The molecule has 0 saturated heterocycles. The number of aromatic nitrogens is 1. The van der Waals surface area contributed by atoms with E-state index in [4.69, 9.17) is 10.3 Å². The lowest BCUT2D eigenvalue weighted by Gasteiger charge is -2.08. The lowest BCUT2D eigenvalue weighted by Crippen LogP contribution is -2.23. The lowest BCUT2D eigenvalue weighted by atomic mass is 10.0. The van der Waals surface area contributed by atoms with Crippen LogP contribution < -0.4 is 11.1 Å². The Morgan fingerprint density at radius 2 is 2.50 bits per heavy atom. The van der Waals surface area contributed by atoms with Crippen molar-refractivity contribution < 1.29 is 9.32 Å². The second-order valence-electron chi connectivity index (χ2n) is 3.75. The van der Waals surface area contributed by atoms with E-state index in [9.17, 15) is 4.79 Å². The van der Waals surface area contributed by atoms with Crippen molar-refractivity contribution in [3.05, 3.63) is 17.5 Å². The second kappa shape index (κ2) is 3.09. The molecular weight excluding hydrogens is 182 g/mol. The molecule has 1 heterocycles. The molecule has 0 unspecified atom stereocenters. The highest BCUT2D eigenvalue weighted by Gasteiger charge is 2.47. The maximum atomic E-state index is 10.8. The van der Waals surface area contributed by atoms with Crippen molar-refractivity contribution in [2.24, 2.45) is 5.73 Å². The molecule has 0 atom stereocenters. The highest BCUT2D eigenvalue weighted by atomic mass is 16.5. The summed E-state index contributed by atoms with van der Waals surface area (Å²) in [6, 6.07) is 1.65. The molecule has 0 bridgehead atoms. The molecular formula is C9H13N3O2. The van der Waals surface area contributed by atoms with Gasteiger partial charge in [-0.3, -0.25) is 4.79 Å². The largest absolute Gasteiger partial charge is 0.364 e. The Morgan fingerprint density at radius 3 is 2.93 bits per heavy atom. The van der Waals surface area contributed by atoms with Gasteiger partial charge in [-0.1, -0.05) is 5.16 Å². The molecule has 1 aromatic rings. The van der Waals surface area contributed by atoms with Gasteiger partial charge in [-0.25, -0.2) is 0 Å². The van der Waals surface area contributed by atoms with Gasteiger partial charge in [0, 0.05) is 18.0 Å². The van der Waals surface area contributed by atoms with Crippen LogP contribution in [0.1, 0.15) is 29.1 Å². The lowest BCUT2D eigenvalue weighted by molar-refractivity contribution is 0.0991. The fourth-order valence-corrected chi connectivity index (χ4v) is 1.64. The van der Waals surface area contributed by atoms with Crippen molar-refractivity contribution >= 4 is 5.91 Å². The van der Waals surface area contributed by atoms with Crippen LogP contribution in [0.3, 0.4) is 0 Å². The molecule has 14 heavy (non-hydrogen) atoms. The highest BCUT2D eigenvalue weighted by molar-refractivity contribution is 5.90. The number of nitrogens with two attached hydrogens (primary N) is 1. The fourth-order valence-electron chi connectivity index (χ4n) is 1.64. The van der Waals surface area contributed by atoms with E-state index in [0.29, 0.717) is 0 Å². The van der Waals surface area contributed by atoms with Crippen LogP contribution in [-0.4, -0.2) is 24.7 Å². The number of carbonyl (C=O) groups excluding carboxylic acids is 1. The summed E-state index contributed by atoms with van der Waals surface area (Å²) >= 11 is 0. The number of nitrogens with one attached hydrogen (secondary N) is 1. The fraction of sp³-hybridized carbons (Fsp3) is 0.556. The Bertz CT molecular complexity index is 355. The first-order chi connectivity index (χ1) is 6.68. The van der Waals surface area contributed by atoms with Gasteiger partial charge in [0.2, 0.25) is 0 Å². The first-order valence-corrected chi connectivity index (χ1v) is 4.59. The molecule has 1 fully saturated rings. The van der Waals surface area contributed by atoms with Crippen LogP contribution in [0.25, 0.3) is 0 Å². The zero-order valence-electron chi connectivity index (χ0n) is 8.04. The average molecular weight is 195 g/mol. The maximum absolute atomic E-state index is 10.8. The third-order valence-electron chi connectivity index (χ3n) is 2.65. The Labute approximate surface area is 81.6 Å². The molecule has 0 radical (unpaired) electrons. The molecule has 0 aromatic carbocycles. The van der Waals surface area contributed by atoms with Crippen molar-refractivity contribution in [1.29, 1.82) is 0 Å². The van der Waals surface area contributed by atoms with Crippen LogP contribution in [0.5, 0.6) is 0 Å². The van der Waals surface area contributed by atoms with Gasteiger partial charge < -0.3 is 15.6 Å². The summed E-state index contributed by atoms with van der Waals surface area (Å²) in [7, 11) is 1.89. The van der Waals surface area contributed by atoms with E-state index in [1.807, 2.05) is 7.05 Å². The van der Waals surface area contributed by atoms with Crippen LogP contribution in [-0.2, 0) is 5.41 Å². The second-order valence-corrected chi connectivity index (χ2v) is 3.75. The minimum atomic E-state index is -0.541. The van der Waals surface area contributed by atoms with Gasteiger partial charge in [-0.2, -0.15) is 0 Å². The number of hydrogen-bond donors (Lipinski definition) is 2. The van der Waals surface area contributed by atoms with Crippen LogP contribution in [0.15, 0.2) is 10.6 Å². The normalized spacial score (nSPS) is 18.1. The molecule has 0 aliphatic heterocycles. The molecule has 1 amide bonds. The van der Waals surface area contributed by atoms with E-state index in [1.54, 1.807) is 6.07 Å². The quantitative estimate of drug-likeness (QED) is 0.710. The van der Waals surface area contributed by atoms with Crippen LogP contribution in [0, 0.1) is 0 Å². The van der Waals surface area contributed by atoms with Crippen LogP contribution in [0.4, 0.5) is 0 Å². The number of primary amides is 1. The van der Waals surface area contributed by atoms with Crippen molar-refractivity contribution in [3.8, 4) is 0 Å². The van der Waals surface area contributed by atoms with E-state index < -0.39 is 5.91 Å². The molecule has 1 aliphatic rings. The standard InChI is InChI=1S/C9H13N3O2/c1-11-5-9(2-3-9)7-4-6(8(10)13)12-14-7/h4,11H,2-3,5H2,1H3,(H2,10,13). The Kier molecular flexibility index (Phi) is 2.03. The number of rotatable bonds is 4. The maximum Gasteiger partial charge on any atom is 0.270 e. The third-order valence-corrected chi connectivity index (χ3v) is 2.65. The van der Waals surface area contributed by atoms with Gasteiger partial charge in [-0.05, 0) is 19.9 Å². The first-order valence-electron chi connectivity index (χ1n) is 4.59. The van der Waals surface area contributed by atoms with E-state index in [1.165, 1.54) is 0 Å². The number of amides is 1. The molecule has 76 valence electrons. The van der Waals surface area contributed by atoms with E-state index in [-0.39, 0.29) is 11.1 Å². The van der Waals surface area contributed by atoms with Crippen molar-refractivity contribution in [2.75, 3.05) is 13.6 Å². The van der Waals surface area contributed by atoms with Crippen molar-refractivity contribution in [3.63, 3.8) is 0 Å². The summed E-state index contributed by atoms with van der Waals surface area (Å²) in [5, 5.41) is 6.73. The van der Waals surface area contributed by atoms with Crippen molar-refractivity contribution in [2.45, 2.75) is 18.3 Å². The summed E-state index contributed by atoms with van der Waals surface area (Å²) in [6.45, 7) is 0.848. The monoisotopic (exact) mass is 195 g/mol. The molecule has 1 saturated carbocycles. The van der Waals surface area contributed by atoms with Gasteiger partial charge in [0.25, 0.3) is 5.91 Å². The molecule has 3 N–H and O–H groups in total. The third kappa shape index (κ3) is 1.39. The number of likely N-dealkylation sites (N-methyl/N-ethyl adjacent to an activating group) is 1. The molecule has 2 rings (SSSR count). The predicted octanol–water partition coefficient (Wildman–Crippen LogP) is 0.0245. The van der Waals surface area contributed by atoms with Crippen LogP contribution >= 0.6 is 0 Å². The Balaban J connectivity index is 2.20. The summed E-state index contributed by atoms with van der Waals surface area (Å²) in [5.41, 5.74) is 5.35. The summed E-state index contributed by atoms with van der Waals surface area (Å²) in [5.74, 6) is 0.223. The van der Waals surface area contributed by atoms with Crippen LogP contribution in [0.2, 0.25) is 0 Å². The smallest absolute Gasteiger partial charge is 0.270 e. The predicted molar refractivity (Wildman–Crippen MR) is 49.9 cm³/mol. The molecule has 0 spiro atoms. The van der Waals surface area contributed by atoms with Gasteiger partial charge in [0.05, 0.1) is 0 Å². The molecule has 5 heteroatoms. The summed E-state index contributed by atoms with van der Waals surface area (Å²) in [6.07, 6.45) is 2.14. The minimum Gasteiger partial charge on any atom is -0.364 e. The Morgan fingerprint density at radius 1 is 1.79 bits per heavy atom. The van der Waals surface area contributed by atoms with Crippen molar-refractivity contribution in [1.82, 2.24) is 10.5 Å². The highest BCUT2D eigenvalue weighted by Crippen LogP contribution is 2.47. The molecule has 1 aliphatic carbocycles. The van der Waals surface area contributed by atoms with Gasteiger partial charge in [-0.15, -0.1) is 0 Å².